The quantitative estimate of drug-likeness (QED) is 0.564. The van der Waals surface area contributed by atoms with E-state index in [-0.39, 0.29) is 0 Å². The van der Waals surface area contributed by atoms with Crippen LogP contribution >= 0.6 is 0 Å². The van der Waals surface area contributed by atoms with Crippen molar-refractivity contribution in [3.05, 3.63) is 0 Å². The molecule has 0 aromatic rings. The van der Waals surface area contributed by atoms with Crippen molar-refractivity contribution in [2.75, 3.05) is 0 Å². The molecule has 0 heteroatoms. The fourth-order valence-corrected chi connectivity index (χ4v) is 12.7. The van der Waals surface area contributed by atoms with Gasteiger partial charge < -0.3 is 0 Å². The molecule has 0 aliphatic heterocycles. The monoisotopic (exact) mass is 308 g/mol. The van der Waals surface area contributed by atoms with Gasteiger partial charge in [-0.1, -0.05) is 20.8 Å². The maximum Gasteiger partial charge on any atom is -0.0162 e. The summed E-state index contributed by atoms with van der Waals surface area (Å²) in [5.74, 6) is 10.4. The first-order valence-electron chi connectivity index (χ1n) is 11.0. The first-order chi connectivity index (χ1) is 11.0. The van der Waals surface area contributed by atoms with Crippen molar-refractivity contribution in [3.8, 4) is 0 Å². The van der Waals surface area contributed by atoms with Gasteiger partial charge in [-0.2, -0.15) is 0 Å². The lowest BCUT2D eigenvalue weighted by atomic mass is 9.38. The molecule has 13 unspecified atom stereocenters. The van der Waals surface area contributed by atoms with Crippen molar-refractivity contribution in [2.24, 2.45) is 74.9 Å². The molecule has 124 valence electrons. The average Bonchev–Trinajstić information content (AvgIpc) is 2.77. The van der Waals surface area contributed by atoms with E-state index in [9.17, 15) is 0 Å². The van der Waals surface area contributed by atoms with Crippen LogP contribution in [0.2, 0.25) is 0 Å². The van der Waals surface area contributed by atoms with Crippen molar-refractivity contribution in [1.29, 1.82) is 0 Å². The van der Waals surface area contributed by atoms with Gasteiger partial charge in [0.2, 0.25) is 0 Å². The maximum absolute atomic E-state index is 2.82. The molecule has 8 aliphatic carbocycles. The molecule has 0 amide bonds. The second-order valence-corrected chi connectivity index (χ2v) is 12.6. The third kappa shape index (κ3) is 0.846. The van der Waals surface area contributed by atoms with Crippen LogP contribution in [0.5, 0.6) is 0 Å². The molecule has 0 nitrogen and oxygen atoms in total. The Labute approximate surface area is 141 Å². The fraction of sp³-hybridized carbons (Fsp3) is 1.00. The van der Waals surface area contributed by atoms with E-state index in [0.717, 1.165) is 51.2 Å². The van der Waals surface area contributed by atoms with Crippen molar-refractivity contribution >= 4 is 0 Å². The molecule has 8 rings (SSSR count). The molecule has 13 atom stereocenters. The van der Waals surface area contributed by atoms with Gasteiger partial charge in [-0.3, -0.25) is 0 Å². The van der Waals surface area contributed by atoms with Gasteiger partial charge in [-0.15, -0.1) is 0 Å². The molecule has 0 N–H and O–H groups in total. The Balaban J connectivity index is 1.49. The third-order valence-corrected chi connectivity index (χ3v) is 12.9. The largest absolute Gasteiger partial charge is 0.0619 e. The molecule has 7 bridgehead atoms. The van der Waals surface area contributed by atoms with Crippen LogP contribution in [0.15, 0.2) is 0 Å². The van der Waals surface area contributed by atoms with Gasteiger partial charge >= 0.3 is 0 Å². The molecular formula is C23H32. The first-order valence-corrected chi connectivity index (χ1v) is 11.0. The smallest absolute Gasteiger partial charge is 0.0162 e. The standard InChI is InChI=1S/C23H32/c1-11-13-8-22-10-21(3)12-4-5-20(2)9-16(20)18(13)23(14(11)6-12)17(22)7-15(22)19(21)23/h11-19H,4-10H2,1-3H3. The minimum atomic E-state index is 0.772. The number of rotatable bonds is 0. The van der Waals surface area contributed by atoms with E-state index in [0.29, 0.717) is 0 Å². The average molecular weight is 309 g/mol. The Kier molecular flexibility index (Phi) is 1.55. The lowest BCUT2D eigenvalue weighted by Gasteiger charge is -2.66. The van der Waals surface area contributed by atoms with E-state index in [1.807, 2.05) is 0 Å². The summed E-state index contributed by atoms with van der Waals surface area (Å²) < 4.78 is 0. The van der Waals surface area contributed by atoms with Crippen LogP contribution in [0.25, 0.3) is 0 Å². The SMILES string of the molecule is CC1C2CC34CC5(C)C6CCC7(C)CC7C2C2(C1C6)C5C3CC42. The van der Waals surface area contributed by atoms with Crippen LogP contribution in [0, 0.1) is 74.9 Å². The molecule has 0 heterocycles. The Morgan fingerprint density at radius 2 is 1.83 bits per heavy atom. The molecule has 0 aromatic heterocycles. The summed E-state index contributed by atoms with van der Waals surface area (Å²) in [5, 5.41) is 0. The summed E-state index contributed by atoms with van der Waals surface area (Å²) in [4.78, 5) is 0. The maximum atomic E-state index is 2.82. The van der Waals surface area contributed by atoms with Crippen LogP contribution in [-0.4, -0.2) is 0 Å². The van der Waals surface area contributed by atoms with Gasteiger partial charge in [0.1, 0.15) is 0 Å². The summed E-state index contributed by atoms with van der Waals surface area (Å²) in [6.45, 7) is 8.25. The Morgan fingerprint density at radius 1 is 0.957 bits per heavy atom. The molecule has 8 saturated carbocycles. The zero-order chi connectivity index (χ0) is 15.1. The van der Waals surface area contributed by atoms with E-state index in [1.165, 1.54) is 23.7 Å². The molecule has 0 radical (unpaired) electrons. The Hall–Kier alpha value is 0. The predicted molar refractivity (Wildman–Crippen MR) is 90.5 cm³/mol. The molecule has 8 fully saturated rings. The van der Waals surface area contributed by atoms with Crippen LogP contribution in [-0.2, 0) is 0 Å². The van der Waals surface area contributed by atoms with Gasteiger partial charge in [0.05, 0.1) is 0 Å². The molecule has 0 saturated heterocycles. The van der Waals surface area contributed by atoms with E-state index < -0.39 is 0 Å². The second kappa shape index (κ2) is 2.88. The minimum Gasteiger partial charge on any atom is -0.0619 e. The van der Waals surface area contributed by atoms with E-state index in [2.05, 4.69) is 20.8 Å². The molecule has 8 aliphatic rings. The molecule has 0 aromatic carbocycles. The van der Waals surface area contributed by atoms with E-state index >= 15 is 0 Å². The van der Waals surface area contributed by atoms with Crippen LogP contribution in [0.3, 0.4) is 0 Å². The van der Waals surface area contributed by atoms with Crippen LogP contribution in [0.4, 0.5) is 0 Å². The molecular weight excluding hydrogens is 276 g/mol. The Morgan fingerprint density at radius 3 is 2.70 bits per heavy atom. The van der Waals surface area contributed by atoms with Gasteiger partial charge in [0.25, 0.3) is 0 Å². The number of hydrogen-bond acceptors (Lipinski definition) is 0. The van der Waals surface area contributed by atoms with Crippen LogP contribution < -0.4 is 0 Å². The molecule has 2 spiro atoms. The Bertz CT molecular complexity index is 680. The van der Waals surface area contributed by atoms with Gasteiger partial charge in [-0.05, 0) is 120 Å². The van der Waals surface area contributed by atoms with Gasteiger partial charge in [0.15, 0.2) is 0 Å². The van der Waals surface area contributed by atoms with E-state index in [1.54, 1.807) is 44.9 Å². The lowest BCUT2D eigenvalue weighted by molar-refractivity contribution is -0.185. The van der Waals surface area contributed by atoms with Crippen molar-refractivity contribution in [2.45, 2.75) is 65.7 Å². The topological polar surface area (TPSA) is 0 Å². The summed E-state index contributed by atoms with van der Waals surface area (Å²) in [6.07, 6.45) is 11.5. The van der Waals surface area contributed by atoms with Crippen LogP contribution in [0.1, 0.15) is 65.7 Å². The second-order valence-electron chi connectivity index (χ2n) is 12.6. The molecule has 23 heavy (non-hydrogen) atoms. The van der Waals surface area contributed by atoms with Crippen molar-refractivity contribution in [1.82, 2.24) is 0 Å². The zero-order valence-electron chi connectivity index (χ0n) is 15.1. The number of hydrogen-bond donors (Lipinski definition) is 0. The normalized spacial score (nSPS) is 83.3. The van der Waals surface area contributed by atoms with Gasteiger partial charge in [-0.25, -0.2) is 0 Å². The summed E-state index contributed by atoms with van der Waals surface area (Å²) in [7, 11) is 0. The minimum absolute atomic E-state index is 0.772. The summed E-state index contributed by atoms with van der Waals surface area (Å²) >= 11 is 0. The first kappa shape index (κ1) is 12.4. The lowest BCUT2D eigenvalue weighted by Crippen LogP contribution is -2.61. The highest BCUT2D eigenvalue weighted by Crippen LogP contribution is 2.98. The highest BCUT2D eigenvalue weighted by atomic mass is 15.0. The van der Waals surface area contributed by atoms with Crippen molar-refractivity contribution in [3.63, 3.8) is 0 Å². The summed E-state index contributed by atoms with van der Waals surface area (Å²) in [6, 6.07) is 0. The van der Waals surface area contributed by atoms with Gasteiger partial charge in [0, 0.05) is 0 Å². The summed E-state index contributed by atoms with van der Waals surface area (Å²) in [5.41, 5.74) is 3.32. The highest BCUT2D eigenvalue weighted by Gasteiger charge is 2.93. The van der Waals surface area contributed by atoms with E-state index in [4.69, 9.17) is 0 Å². The zero-order valence-corrected chi connectivity index (χ0v) is 15.1. The van der Waals surface area contributed by atoms with Crippen molar-refractivity contribution < 1.29 is 0 Å². The predicted octanol–water partition coefficient (Wildman–Crippen LogP) is 5.38. The third-order valence-electron chi connectivity index (χ3n) is 12.9. The fourth-order valence-electron chi connectivity index (χ4n) is 12.7. The highest BCUT2D eigenvalue weighted by molar-refractivity contribution is 5.40. The number of fused-ring (bicyclic) bond motifs is 1.